The summed E-state index contributed by atoms with van der Waals surface area (Å²) in [5, 5.41) is 0. The fourth-order valence-corrected chi connectivity index (χ4v) is 1.60. The zero-order chi connectivity index (χ0) is 11.3. The van der Waals surface area contributed by atoms with E-state index < -0.39 is 5.79 Å². The van der Waals surface area contributed by atoms with Gasteiger partial charge in [0.15, 0.2) is 5.79 Å². The van der Waals surface area contributed by atoms with Crippen LogP contribution >= 0.6 is 0 Å². The van der Waals surface area contributed by atoms with Crippen LogP contribution in [0.3, 0.4) is 0 Å². The fourth-order valence-electron chi connectivity index (χ4n) is 1.60. The van der Waals surface area contributed by atoms with Crippen LogP contribution in [0.2, 0.25) is 0 Å². The normalized spacial score (nSPS) is 24.1. The summed E-state index contributed by atoms with van der Waals surface area (Å²) in [5.74, 6) is -0.642. The molecule has 88 valence electrons. The van der Waals surface area contributed by atoms with Crippen LogP contribution in [-0.4, -0.2) is 31.1 Å². The van der Waals surface area contributed by atoms with Gasteiger partial charge in [-0.3, -0.25) is 4.79 Å². The van der Waals surface area contributed by atoms with E-state index in [0.717, 1.165) is 19.3 Å². The van der Waals surface area contributed by atoms with E-state index in [1.54, 1.807) is 0 Å². The lowest BCUT2D eigenvalue weighted by molar-refractivity contribution is -0.141. The first-order valence-electron chi connectivity index (χ1n) is 5.45. The third-order valence-electron chi connectivity index (χ3n) is 2.29. The zero-order valence-corrected chi connectivity index (χ0v) is 9.75. The van der Waals surface area contributed by atoms with E-state index in [2.05, 4.69) is 0 Å². The number of hydrogen-bond acceptors (Lipinski definition) is 4. The van der Waals surface area contributed by atoms with Crippen LogP contribution in [0.4, 0.5) is 0 Å². The topological polar surface area (TPSA) is 44.8 Å². The summed E-state index contributed by atoms with van der Waals surface area (Å²) >= 11 is 0. The van der Waals surface area contributed by atoms with Crippen LogP contribution < -0.4 is 0 Å². The van der Waals surface area contributed by atoms with Crippen molar-refractivity contribution in [3.05, 3.63) is 0 Å². The molecule has 0 aliphatic carbocycles. The summed E-state index contributed by atoms with van der Waals surface area (Å²) in [6, 6.07) is 0. The molecule has 1 aliphatic heterocycles. The highest BCUT2D eigenvalue weighted by Gasteiger charge is 2.31. The van der Waals surface area contributed by atoms with E-state index in [1.165, 1.54) is 6.92 Å². The Morgan fingerprint density at radius 1 is 1.47 bits per heavy atom. The van der Waals surface area contributed by atoms with Gasteiger partial charge in [0.25, 0.3) is 0 Å². The molecule has 1 heterocycles. The van der Waals surface area contributed by atoms with E-state index in [9.17, 15) is 4.79 Å². The van der Waals surface area contributed by atoms with Crippen molar-refractivity contribution in [1.29, 1.82) is 0 Å². The van der Waals surface area contributed by atoms with E-state index in [-0.39, 0.29) is 12.1 Å². The molecule has 0 amide bonds. The monoisotopic (exact) mass is 216 g/mol. The third-order valence-corrected chi connectivity index (χ3v) is 2.29. The van der Waals surface area contributed by atoms with E-state index >= 15 is 0 Å². The summed E-state index contributed by atoms with van der Waals surface area (Å²) in [6.45, 7) is 6.45. The summed E-state index contributed by atoms with van der Waals surface area (Å²) in [5.41, 5.74) is 0. The predicted molar refractivity (Wildman–Crippen MR) is 55.4 cm³/mol. The maximum atomic E-state index is 10.5. The van der Waals surface area contributed by atoms with Gasteiger partial charge in [-0.2, -0.15) is 0 Å². The second-order valence-electron chi connectivity index (χ2n) is 4.29. The molecule has 0 radical (unpaired) electrons. The van der Waals surface area contributed by atoms with Crippen molar-refractivity contribution < 1.29 is 19.0 Å². The standard InChI is InChI=1S/C11H20O4/c1-9(12)13-7-5-4-6-10-8-14-11(2,3)15-10/h10H,4-8H2,1-3H3. The van der Waals surface area contributed by atoms with Crippen molar-refractivity contribution in [1.82, 2.24) is 0 Å². The molecule has 15 heavy (non-hydrogen) atoms. The van der Waals surface area contributed by atoms with Gasteiger partial charge in [-0.15, -0.1) is 0 Å². The fraction of sp³-hybridized carbons (Fsp3) is 0.909. The van der Waals surface area contributed by atoms with Gasteiger partial charge in [0.1, 0.15) is 0 Å². The molecule has 1 unspecified atom stereocenters. The van der Waals surface area contributed by atoms with Crippen molar-refractivity contribution in [3.8, 4) is 0 Å². The minimum atomic E-state index is -0.430. The zero-order valence-electron chi connectivity index (χ0n) is 9.75. The first-order chi connectivity index (χ1) is 6.99. The molecular formula is C11H20O4. The Kier molecular flexibility index (Phi) is 4.54. The highest BCUT2D eigenvalue weighted by molar-refractivity contribution is 5.65. The van der Waals surface area contributed by atoms with Crippen molar-refractivity contribution >= 4 is 5.97 Å². The molecule has 0 bridgehead atoms. The predicted octanol–water partition coefficient (Wildman–Crippen LogP) is 1.87. The van der Waals surface area contributed by atoms with Gasteiger partial charge >= 0.3 is 5.97 Å². The Balaban J connectivity index is 1.99. The van der Waals surface area contributed by atoms with Crippen molar-refractivity contribution in [3.63, 3.8) is 0 Å². The summed E-state index contributed by atoms with van der Waals surface area (Å²) in [4.78, 5) is 10.5. The lowest BCUT2D eigenvalue weighted by atomic mass is 10.2. The maximum absolute atomic E-state index is 10.5. The van der Waals surface area contributed by atoms with Gasteiger partial charge in [-0.1, -0.05) is 0 Å². The first kappa shape index (κ1) is 12.5. The average Bonchev–Trinajstić information content (AvgIpc) is 2.44. The molecule has 1 atom stereocenters. The molecule has 1 rings (SSSR count). The second-order valence-corrected chi connectivity index (χ2v) is 4.29. The summed E-state index contributed by atoms with van der Waals surface area (Å²) < 4.78 is 15.9. The molecule has 0 saturated carbocycles. The molecule has 1 fully saturated rings. The van der Waals surface area contributed by atoms with Gasteiger partial charge in [0, 0.05) is 6.92 Å². The Bertz CT molecular complexity index is 213. The van der Waals surface area contributed by atoms with Crippen LogP contribution in [0.5, 0.6) is 0 Å². The SMILES string of the molecule is CC(=O)OCCCCC1COC(C)(C)O1. The number of ether oxygens (including phenoxy) is 3. The molecule has 1 aliphatic rings. The number of unbranched alkanes of at least 4 members (excludes halogenated alkanes) is 1. The lowest BCUT2D eigenvalue weighted by Crippen LogP contribution is -2.21. The molecule has 0 spiro atoms. The van der Waals surface area contributed by atoms with Crippen molar-refractivity contribution in [2.75, 3.05) is 13.2 Å². The maximum Gasteiger partial charge on any atom is 0.302 e. The van der Waals surface area contributed by atoms with Gasteiger partial charge in [-0.05, 0) is 33.1 Å². The number of carbonyl (C=O) groups is 1. The highest BCUT2D eigenvalue weighted by atomic mass is 16.7. The molecule has 1 saturated heterocycles. The van der Waals surface area contributed by atoms with E-state index in [0.29, 0.717) is 13.2 Å². The highest BCUT2D eigenvalue weighted by Crippen LogP contribution is 2.24. The number of esters is 1. The van der Waals surface area contributed by atoms with E-state index in [1.807, 2.05) is 13.8 Å². The smallest absolute Gasteiger partial charge is 0.302 e. The number of carbonyl (C=O) groups excluding carboxylic acids is 1. The average molecular weight is 216 g/mol. The van der Waals surface area contributed by atoms with Crippen molar-refractivity contribution in [2.45, 2.75) is 51.9 Å². The molecule has 0 aromatic rings. The van der Waals surface area contributed by atoms with E-state index in [4.69, 9.17) is 14.2 Å². The Hall–Kier alpha value is -0.610. The van der Waals surface area contributed by atoms with Crippen LogP contribution in [0.25, 0.3) is 0 Å². The second kappa shape index (κ2) is 5.47. The van der Waals surface area contributed by atoms with Crippen molar-refractivity contribution in [2.24, 2.45) is 0 Å². The number of rotatable bonds is 5. The Morgan fingerprint density at radius 3 is 2.73 bits per heavy atom. The minimum Gasteiger partial charge on any atom is -0.466 e. The van der Waals surface area contributed by atoms with Gasteiger partial charge in [0.05, 0.1) is 19.3 Å². The Labute approximate surface area is 90.9 Å². The van der Waals surface area contributed by atoms with Gasteiger partial charge in [-0.25, -0.2) is 0 Å². The largest absolute Gasteiger partial charge is 0.466 e. The molecule has 4 nitrogen and oxygen atoms in total. The van der Waals surface area contributed by atoms with Crippen LogP contribution in [-0.2, 0) is 19.0 Å². The molecule has 4 heteroatoms. The van der Waals surface area contributed by atoms with Crippen LogP contribution in [0.15, 0.2) is 0 Å². The van der Waals surface area contributed by atoms with Crippen LogP contribution in [0, 0.1) is 0 Å². The quantitative estimate of drug-likeness (QED) is 0.520. The summed E-state index contributed by atoms with van der Waals surface area (Å²) in [6.07, 6.45) is 3.04. The van der Waals surface area contributed by atoms with Gasteiger partial charge < -0.3 is 14.2 Å². The van der Waals surface area contributed by atoms with Crippen LogP contribution in [0.1, 0.15) is 40.0 Å². The summed E-state index contributed by atoms with van der Waals surface area (Å²) in [7, 11) is 0. The Morgan fingerprint density at radius 2 is 2.20 bits per heavy atom. The molecule has 0 aromatic heterocycles. The lowest BCUT2D eigenvalue weighted by Gasteiger charge is -2.16. The van der Waals surface area contributed by atoms with Gasteiger partial charge in [0.2, 0.25) is 0 Å². The third kappa shape index (κ3) is 5.14. The number of hydrogen-bond donors (Lipinski definition) is 0. The molecule has 0 N–H and O–H groups in total. The first-order valence-corrected chi connectivity index (χ1v) is 5.45. The minimum absolute atomic E-state index is 0.192. The molecule has 0 aromatic carbocycles. The molecular weight excluding hydrogens is 196 g/mol.